The van der Waals surface area contributed by atoms with Gasteiger partial charge in [0.15, 0.2) is 0 Å². The van der Waals surface area contributed by atoms with Gasteiger partial charge in [-0.25, -0.2) is 8.42 Å². The molecule has 0 saturated carbocycles. The van der Waals surface area contributed by atoms with Crippen molar-refractivity contribution >= 4 is 50.5 Å². The molecular weight excluding hydrogens is 415 g/mol. The molecule has 0 saturated heterocycles. The van der Waals surface area contributed by atoms with Gasteiger partial charge in [0.1, 0.15) is 4.90 Å². The van der Waals surface area contributed by atoms with Crippen molar-refractivity contribution in [3.05, 3.63) is 49.6 Å². The number of nitrogens with one attached hydrogen (secondary N) is 1. The first-order valence-corrected chi connectivity index (χ1v) is 11.0. The van der Waals surface area contributed by atoms with E-state index in [0.717, 1.165) is 9.18 Å². The number of halogens is 2. The lowest BCUT2D eigenvalue weighted by Crippen LogP contribution is -2.40. The van der Waals surface area contributed by atoms with E-state index in [0.29, 0.717) is 22.7 Å². The molecule has 9 heteroatoms. The van der Waals surface area contributed by atoms with Crippen molar-refractivity contribution in [1.29, 1.82) is 0 Å². The topological polar surface area (TPSA) is 66.5 Å². The number of rotatable bonds is 7. The first-order valence-electron chi connectivity index (χ1n) is 7.92. The van der Waals surface area contributed by atoms with Crippen molar-refractivity contribution in [2.45, 2.75) is 32.2 Å². The fraction of sp³-hybridized carbons (Fsp3) is 0.353. The summed E-state index contributed by atoms with van der Waals surface area (Å²) in [6.07, 6.45) is 0. The molecular formula is C17H20Cl2N2O3S2. The van der Waals surface area contributed by atoms with Crippen molar-refractivity contribution in [3.8, 4) is 0 Å². The molecule has 0 atom stereocenters. The number of nitrogens with zero attached hydrogens (tertiary/aromatic N) is 1. The Morgan fingerprint density at radius 2 is 2.00 bits per heavy atom. The van der Waals surface area contributed by atoms with Crippen molar-refractivity contribution in [2.75, 3.05) is 13.1 Å². The zero-order valence-electron chi connectivity index (χ0n) is 14.7. The molecule has 0 radical (unpaired) electrons. The highest BCUT2D eigenvalue weighted by atomic mass is 35.5. The van der Waals surface area contributed by atoms with Crippen LogP contribution in [0.4, 0.5) is 0 Å². The van der Waals surface area contributed by atoms with Crippen molar-refractivity contribution in [2.24, 2.45) is 0 Å². The molecule has 0 spiro atoms. The third-order valence-corrected chi connectivity index (χ3v) is 7.86. The number of thiophene rings is 1. The SMILES string of the molecule is CCN(CC(=O)NCc1cccs1)S(=O)(=O)c1c(C)c(Cl)cc(C)c1Cl. The summed E-state index contributed by atoms with van der Waals surface area (Å²) in [5.41, 5.74) is 0.943. The highest BCUT2D eigenvalue weighted by molar-refractivity contribution is 7.89. The van der Waals surface area contributed by atoms with Gasteiger partial charge in [0, 0.05) is 16.4 Å². The van der Waals surface area contributed by atoms with Crippen LogP contribution in [0.3, 0.4) is 0 Å². The largest absolute Gasteiger partial charge is 0.350 e. The normalized spacial score (nSPS) is 11.8. The summed E-state index contributed by atoms with van der Waals surface area (Å²) in [4.78, 5) is 13.2. The molecule has 0 aliphatic heterocycles. The molecule has 2 rings (SSSR count). The Bertz CT molecular complexity index is 871. The molecule has 1 aromatic heterocycles. The minimum Gasteiger partial charge on any atom is -0.350 e. The average Bonchev–Trinajstić information content (AvgIpc) is 3.09. The van der Waals surface area contributed by atoms with Gasteiger partial charge in [-0.1, -0.05) is 36.2 Å². The van der Waals surface area contributed by atoms with Gasteiger partial charge < -0.3 is 5.32 Å². The summed E-state index contributed by atoms with van der Waals surface area (Å²) in [6, 6.07) is 5.42. The lowest BCUT2D eigenvalue weighted by atomic mass is 10.2. The minimum atomic E-state index is -3.97. The van der Waals surface area contributed by atoms with Crippen LogP contribution in [0.15, 0.2) is 28.5 Å². The number of carbonyl (C=O) groups excluding carboxylic acids is 1. The number of hydrogen-bond acceptors (Lipinski definition) is 4. The molecule has 142 valence electrons. The van der Waals surface area contributed by atoms with Crippen molar-refractivity contribution in [1.82, 2.24) is 9.62 Å². The van der Waals surface area contributed by atoms with Gasteiger partial charge in [-0.05, 0) is 42.5 Å². The smallest absolute Gasteiger partial charge is 0.245 e. The Morgan fingerprint density at radius 1 is 1.31 bits per heavy atom. The number of likely N-dealkylation sites (N-methyl/N-ethyl adjacent to an activating group) is 1. The lowest BCUT2D eigenvalue weighted by Gasteiger charge is -2.23. The summed E-state index contributed by atoms with van der Waals surface area (Å²) >= 11 is 13.9. The van der Waals surface area contributed by atoms with Crippen LogP contribution >= 0.6 is 34.5 Å². The monoisotopic (exact) mass is 434 g/mol. The Kier molecular flexibility index (Phi) is 7.10. The van der Waals surface area contributed by atoms with E-state index in [1.807, 2.05) is 17.5 Å². The van der Waals surface area contributed by atoms with Crippen molar-refractivity contribution in [3.63, 3.8) is 0 Å². The highest BCUT2D eigenvalue weighted by Gasteiger charge is 2.30. The Morgan fingerprint density at radius 3 is 2.58 bits per heavy atom. The molecule has 1 amide bonds. The van der Waals surface area contributed by atoms with Gasteiger partial charge in [-0.2, -0.15) is 4.31 Å². The van der Waals surface area contributed by atoms with E-state index < -0.39 is 10.0 Å². The fourth-order valence-electron chi connectivity index (χ4n) is 2.43. The van der Waals surface area contributed by atoms with E-state index in [9.17, 15) is 13.2 Å². The Labute approximate surface area is 168 Å². The predicted octanol–water partition coefficient (Wildman–Crippen LogP) is 4.00. The maximum Gasteiger partial charge on any atom is 0.245 e. The number of carbonyl (C=O) groups is 1. The van der Waals surface area contributed by atoms with Gasteiger partial charge >= 0.3 is 0 Å². The zero-order chi connectivity index (χ0) is 19.5. The number of sulfonamides is 1. The molecule has 1 heterocycles. The van der Waals surface area contributed by atoms with E-state index in [-0.39, 0.29) is 28.9 Å². The van der Waals surface area contributed by atoms with Gasteiger partial charge in [-0.15, -0.1) is 11.3 Å². The third kappa shape index (κ3) is 4.58. The highest BCUT2D eigenvalue weighted by Crippen LogP contribution is 2.35. The van der Waals surface area contributed by atoms with Crippen molar-refractivity contribution < 1.29 is 13.2 Å². The zero-order valence-corrected chi connectivity index (χ0v) is 17.8. The van der Waals surface area contributed by atoms with Gasteiger partial charge in [0.05, 0.1) is 18.1 Å². The summed E-state index contributed by atoms with van der Waals surface area (Å²) in [5, 5.41) is 5.10. The molecule has 0 aliphatic rings. The third-order valence-electron chi connectivity index (χ3n) is 3.90. The first-order chi connectivity index (χ1) is 12.2. The van der Waals surface area contributed by atoms with E-state index in [1.165, 1.54) is 11.3 Å². The van der Waals surface area contributed by atoms with Gasteiger partial charge in [0.25, 0.3) is 0 Å². The molecule has 0 unspecified atom stereocenters. The quantitative estimate of drug-likeness (QED) is 0.715. The average molecular weight is 435 g/mol. The van der Waals surface area contributed by atoms with Crippen LogP contribution in [-0.4, -0.2) is 31.7 Å². The number of amides is 1. The molecule has 1 aromatic carbocycles. The first kappa shape index (κ1) is 21.2. The van der Waals surface area contributed by atoms with Crippen LogP contribution < -0.4 is 5.32 Å². The Balaban J connectivity index is 2.24. The molecule has 0 aliphatic carbocycles. The van der Waals surface area contributed by atoms with Crippen LogP contribution in [0, 0.1) is 13.8 Å². The van der Waals surface area contributed by atoms with E-state index in [1.54, 1.807) is 26.8 Å². The maximum atomic E-state index is 13.1. The summed E-state index contributed by atoms with van der Waals surface area (Å²) in [7, 11) is -3.97. The summed E-state index contributed by atoms with van der Waals surface area (Å²) < 4.78 is 27.3. The van der Waals surface area contributed by atoms with Crippen LogP contribution in [0.5, 0.6) is 0 Å². The second kappa shape index (κ2) is 8.71. The maximum absolute atomic E-state index is 13.1. The molecule has 0 fully saturated rings. The standard InChI is InChI=1S/C17H20Cl2N2O3S2/c1-4-21(10-15(22)20-9-13-6-5-7-25-13)26(23,24)17-12(3)14(18)8-11(2)16(17)19/h5-8H,4,9-10H2,1-3H3,(H,20,22). The number of aryl methyl sites for hydroxylation is 1. The molecule has 26 heavy (non-hydrogen) atoms. The molecule has 0 bridgehead atoms. The van der Waals surface area contributed by atoms with E-state index >= 15 is 0 Å². The fourth-order valence-corrected chi connectivity index (χ4v) is 5.65. The van der Waals surface area contributed by atoms with Crippen LogP contribution in [0.25, 0.3) is 0 Å². The molecule has 5 nitrogen and oxygen atoms in total. The second-order valence-electron chi connectivity index (χ2n) is 5.73. The van der Waals surface area contributed by atoms with Gasteiger partial charge in [0.2, 0.25) is 15.9 Å². The van der Waals surface area contributed by atoms with E-state index in [2.05, 4.69) is 5.32 Å². The van der Waals surface area contributed by atoms with E-state index in [4.69, 9.17) is 23.2 Å². The van der Waals surface area contributed by atoms with Crippen LogP contribution in [-0.2, 0) is 21.4 Å². The minimum absolute atomic E-state index is 0.0444. The molecule has 2 aromatic rings. The van der Waals surface area contributed by atoms with Crippen LogP contribution in [0.2, 0.25) is 10.0 Å². The van der Waals surface area contributed by atoms with Gasteiger partial charge in [-0.3, -0.25) is 4.79 Å². The summed E-state index contributed by atoms with van der Waals surface area (Å²) in [6.45, 7) is 5.18. The number of benzene rings is 1. The number of hydrogen-bond donors (Lipinski definition) is 1. The molecule has 1 N–H and O–H groups in total. The van der Waals surface area contributed by atoms with Crippen LogP contribution in [0.1, 0.15) is 22.9 Å². The summed E-state index contributed by atoms with van der Waals surface area (Å²) in [5.74, 6) is -0.378. The Hall–Kier alpha value is -1.12. The lowest BCUT2D eigenvalue weighted by molar-refractivity contribution is -0.121. The second-order valence-corrected chi connectivity index (χ2v) is 9.42. The predicted molar refractivity (Wildman–Crippen MR) is 107 cm³/mol.